The van der Waals surface area contributed by atoms with E-state index < -0.39 is 28.9 Å². The number of hydrogen-bond acceptors (Lipinski definition) is 4. The second-order valence-corrected chi connectivity index (χ2v) is 5.93. The van der Waals surface area contributed by atoms with Crippen LogP contribution >= 0.6 is 0 Å². The highest BCUT2D eigenvalue weighted by Crippen LogP contribution is 2.38. The minimum absolute atomic E-state index is 0.477. The molecule has 0 N–H and O–H groups in total. The molecule has 0 unspecified atom stereocenters. The molecule has 0 spiro atoms. The van der Waals surface area contributed by atoms with Gasteiger partial charge in [0.15, 0.2) is 0 Å². The minimum atomic E-state index is -0.800. The zero-order valence-corrected chi connectivity index (χ0v) is 13.7. The van der Waals surface area contributed by atoms with Gasteiger partial charge in [-0.05, 0) is 11.6 Å². The highest BCUT2D eigenvalue weighted by atomic mass is 16.6. The summed E-state index contributed by atoms with van der Waals surface area (Å²) in [4.78, 5) is 21.3. The summed E-state index contributed by atoms with van der Waals surface area (Å²) < 4.78 is 1.95. The molecular formula is C18H17N3O4. The normalized spacial score (nSPS) is 11.1. The SMILES string of the molecule is Cn1c(-c2ccccc2)c(C(C[N+](=O)[O-])C[N+](=O)[O-])c2ccccc21. The number of rotatable bonds is 6. The van der Waals surface area contributed by atoms with E-state index in [0.717, 1.165) is 22.2 Å². The van der Waals surface area contributed by atoms with Crippen LogP contribution in [0.2, 0.25) is 0 Å². The Labute approximate surface area is 143 Å². The molecule has 7 nitrogen and oxygen atoms in total. The number of nitrogens with zero attached hydrogens (tertiary/aromatic N) is 3. The Hall–Kier alpha value is -3.22. The molecule has 0 amide bonds. The lowest BCUT2D eigenvalue weighted by molar-refractivity contribution is -0.516. The van der Waals surface area contributed by atoms with Crippen LogP contribution in [0.3, 0.4) is 0 Å². The van der Waals surface area contributed by atoms with Crippen LogP contribution in [-0.2, 0) is 7.05 Å². The van der Waals surface area contributed by atoms with Crippen molar-refractivity contribution in [1.82, 2.24) is 4.57 Å². The lowest BCUT2D eigenvalue weighted by Crippen LogP contribution is -2.21. The zero-order valence-electron chi connectivity index (χ0n) is 13.7. The number of nitro groups is 2. The summed E-state index contributed by atoms with van der Waals surface area (Å²) in [6, 6.07) is 17.0. The van der Waals surface area contributed by atoms with E-state index in [1.165, 1.54) is 0 Å². The fourth-order valence-corrected chi connectivity index (χ4v) is 3.38. The fourth-order valence-electron chi connectivity index (χ4n) is 3.38. The summed E-state index contributed by atoms with van der Waals surface area (Å²) >= 11 is 0. The van der Waals surface area contributed by atoms with Crippen LogP contribution in [0.15, 0.2) is 54.6 Å². The summed E-state index contributed by atoms with van der Waals surface area (Å²) in [6.07, 6.45) is 0. The van der Waals surface area contributed by atoms with E-state index in [1.54, 1.807) is 0 Å². The zero-order chi connectivity index (χ0) is 18.0. The quantitative estimate of drug-likeness (QED) is 0.508. The minimum Gasteiger partial charge on any atom is -0.343 e. The van der Waals surface area contributed by atoms with E-state index in [4.69, 9.17) is 0 Å². The number of benzene rings is 2. The van der Waals surface area contributed by atoms with Crippen molar-refractivity contribution in [2.75, 3.05) is 13.1 Å². The van der Waals surface area contributed by atoms with Gasteiger partial charge in [-0.15, -0.1) is 0 Å². The molecule has 0 aliphatic heterocycles. The van der Waals surface area contributed by atoms with Crippen molar-refractivity contribution in [3.05, 3.63) is 80.4 Å². The van der Waals surface area contributed by atoms with Gasteiger partial charge in [-0.25, -0.2) is 0 Å². The Balaban J connectivity index is 2.30. The van der Waals surface area contributed by atoms with E-state index >= 15 is 0 Å². The number of aromatic nitrogens is 1. The molecule has 0 aliphatic rings. The topological polar surface area (TPSA) is 91.2 Å². The van der Waals surface area contributed by atoms with Gasteiger partial charge in [0, 0.05) is 33.4 Å². The molecule has 0 saturated carbocycles. The summed E-state index contributed by atoms with van der Waals surface area (Å²) in [5.74, 6) is -0.800. The molecule has 0 saturated heterocycles. The van der Waals surface area contributed by atoms with Crippen LogP contribution in [-0.4, -0.2) is 27.5 Å². The Morgan fingerprint density at radius 3 is 2.08 bits per heavy atom. The maximum absolute atomic E-state index is 11.1. The predicted molar refractivity (Wildman–Crippen MR) is 94.8 cm³/mol. The first-order valence-corrected chi connectivity index (χ1v) is 7.85. The standard InChI is InChI=1S/C18H17N3O4/c1-19-16-10-6-5-9-15(16)17(14(11-20(22)23)12-21(24)25)18(19)13-7-3-2-4-8-13/h2-10,14H,11-12H2,1H3. The van der Waals surface area contributed by atoms with Crippen LogP contribution in [0, 0.1) is 20.2 Å². The second-order valence-electron chi connectivity index (χ2n) is 5.93. The van der Waals surface area contributed by atoms with Crippen LogP contribution in [0.25, 0.3) is 22.2 Å². The summed E-state index contributed by atoms with van der Waals surface area (Å²) in [6.45, 7) is -0.955. The molecule has 0 aliphatic carbocycles. The van der Waals surface area contributed by atoms with Crippen LogP contribution < -0.4 is 0 Å². The van der Waals surface area contributed by atoms with E-state index in [1.807, 2.05) is 66.2 Å². The van der Waals surface area contributed by atoms with Gasteiger partial charge in [0.25, 0.3) is 0 Å². The Morgan fingerprint density at radius 2 is 1.48 bits per heavy atom. The molecule has 1 heterocycles. The third kappa shape index (κ3) is 3.21. The van der Waals surface area contributed by atoms with E-state index in [9.17, 15) is 20.2 Å². The van der Waals surface area contributed by atoms with Crippen LogP contribution in [0.4, 0.5) is 0 Å². The number of aryl methyl sites for hydroxylation is 1. The first-order valence-electron chi connectivity index (χ1n) is 7.85. The van der Waals surface area contributed by atoms with Crippen LogP contribution in [0.5, 0.6) is 0 Å². The summed E-state index contributed by atoms with van der Waals surface area (Å²) in [5.41, 5.74) is 3.23. The van der Waals surface area contributed by atoms with Gasteiger partial charge < -0.3 is 4.57 Å². The van der Waals surface area contributed by atoms with Crippen molar-refractivity contribution in [2.24, 2.45) is 7.05 Å². The monoisotopic (exact) mass is 339 g/mol. The van der Waals surface area contributed by atoms with Gasteiger partial charge in [0.1, 0.15) is 5.92 Å². The van der Waals surface area contributed by atoms with E-state index in [-0.39, 0.29) is 0 Å². The number of fused-ring (bicyclic) bond motifs is 1. The Bertz CT molecular complexity index is 918. The molecule has 25 heavy (non-hydrogen) atoms. The number of para-hydroxylation sites is 1. The molecule has 1 aromatic heterocycles. The molecule has 0 bridgehead atoms. The van der Waals surface area contributed by atoms with Crippen molar-refractivity contribution in [1.29, 1.82) is 0 Å². The van der Waals surface area contributed by atoms with Gasteiger partial charge in [0.05, 0.1) is 5.69 Å². The summed E-state index contributed by atoms with van der Waals surface area (Å²) in [5, 5.41) is 23.1. The van der Waals surface area contributed by atoms with Gasteiger partial charge in [-0.1, -0.05) is 48.5 Å². The largest absolute Gasteiger partial charge is 0.343 e. The van der Waals surface area contributed by atoms with Crippen LogP contribution in [0.1, 0.15) is 11.5 Å². The number of hydrogen-bond donors (Lipinski definition) is 0. The molecule has 3 aromatic rings. The molecule has 3 rings (SSSR count). The lowest BCUT2D eigenvalue weighted by atomic mass is 9.93. The molecular weight excluding hydrogens is 322 g/mol. The highest BCUT2D eigenvalue weighted by Gasteiger charge is 2.31. The molecule has 7 heteroatoms. The molecule has 0 radical (unpaired) electrons. The Kier molecular flexibility index (Phi) is 4.47. The van der Waals surface area contributed by atoms with Gasteiger partial charge >= 0.3 is 0 Å². The van der Waals surface area contributed by atoms with Gasteiger partial charge in [-0.3, -0.25) is 20.2 Å². The first kappa shape index (κ1) is 16.6. The third-order valence-electron chi connectivity index (χ3n) is 4.34. The van der Waals surface area contributed by atoms with E-state index in [2.05, 4.69) is 0 Å². The van der Waals surface area contributed by atoms with Gasteiger partial charge in [-0.2, -0.15) is 0 Å². The molecule has 0 fully saturated rings. The van der Waals surface area contributed by atoms with Crippen molar-refractivity contribution < 1.29 is 9.85 Å². The summed E-state index contributed by atoms with van der Waals surface area (Å²) in [7, 11) is 1.88. The highest BCUT2D eigenvalue weighted by molar-refractivity contribution is 5.92. The average Bonchev–Trinajstić information content (AvgIpc) is 2.87. The van der Waals surface area contributed by atoms with E-state index in [0.29, 0.717) is 5.56 Å². The van der Waals surface area contributed by atoms with Crippen molar-refractivity contribution in [2.45, 2.75) is 5.92 Å². The molecule has 0 atom stereocenters. The Morgan fingerprint density at radius 1 is 0.920 bits per heavy atom. The lowest BCUT2D eigenvalue weighted by Gasteiger charge is -2.13. The first-order chi connectivity index (χ1) is 12.0. The van der Waals surface area contributed by atoms with Crippen molar-refractivity contribution in [3.8, 4) is 11.3 Å². The second kappa shape index (κ2) is 6.72. The third-order valence-corrected chi connectivity index (χ3v) is 4.34. The smallest absolute Gasteiger partial charge is 0.217 e. The molecule has 2 aromatic carbocycles. The fraction of sp³-hybridized carbons (Fsp3) is 0.222. The maximum Gasteiger partial charge on any atom is 0.217 e. The average molecular weight is 339 g/mol. The molecule has 128 valence electrons. The van der Waals surface area contributed by atoms with Crippen molar-refractivity contribution >= 4 is 10.9 Å². The van der Waals surface area contributed by atoms with Crippen molar-refractivity contribution in [3.63, 3.8) is 0 Å². The predicted octanol–water partition coefficient (Wildman–Crippen LogP) is 3.48. The van der Waals surface area contributed by atoms with Gasteiger partial charge in [0.2, 0.25) is 13.1 Å². The maximum atomic E-state index is 11.1.